The number of ether oxygens (including phenoxy) is 1. The Morgan fingerprint density at radius 3 is 2.60 bits per heavy atom. The molecule has 1 fully saturated rings. The first-order chi connectivity index (χ1) is 14.2. The average molecular weight is 426 g/mol. The average Bonchev–Trinajstić information content (AvgIpc) is 3.13. The third-order valence-corrected chi connectivity index (χ3v) is 4.49. The second-order valence-corrected chi connectivity index (χ2v) is 8.27. The molecule has 1 atom stereocenters. The minimum absolute atomic E-state index is 0.327. The fraction of sp³-hybridized carbons (Fsp3) is 0.619. The lowest BCUT2D eigenvalue weighted by Crippen LogP contribution is -2.42. The molecule has 1 aliphatic heterocycles. The van der Waals surface area contributed by atoms with Gasteiger partial charge >= 0.3 is 6.09 Å². The summed E-state index contributed by atoms with van der Waals surface area (Å²) in [7, 11) is 0. The third-order valence-electron chi connectivity index (χ3n) is 4.49. The molecule has 0 bridgehead atoms. The van der Waals surface area contributed by atoms with Gasteiger partial charge in [-0.15, -0.1) is 0 Å². The van der Waals surface area contributed by atoms with Crippen molar-refractivity contribution < 1.29 is 18.3 Å². The van der Waals surface area contributed by atoms with Crippen LogP contribution < -0.4 is 20.9 Å². The van der Waals surface area contributed by atoms with Crippen molar-refractivity contribution in [1.29, 1.82) is 0 Å². The van der Waals surface area contributed by atoms with Crippen LogP contribution >= 0.6 is 0 Å². The van der Waals surface area contributed by atoms with Gasteiger partial charge in [-0.3, -0.25) is 4.99 Å². The number of benzene rings is 1. The van der Waals surface area contributed by atoms with Crippen LogP contribution in [-0.4, -0.2) is 56.9 Å². The van der Waals surface area contributed by atoms with Gasteiger partial charge < -0.3 is 25.6 Å². The van der Waals surface area contributed by atoms with Crippen molar-refractivity contribution >= 4 is 17.7 Å². The Morgan fingerprint density at radius 1 is 1.20 bits per heavy atom. The van der Waals surface area contributed by atoms with Crippen molar-refractivity contribution in [3.8, 4) is 0 Å². The van der Waals surface area contributed by atoms with Crippen molar-refractivity contribution in [1.82, 2.24) is 16.0 Å². The lowest BCUT2D eigenvalue weighted by molar-refractivity contribution is 0.0529. The van der Waals surface area contributed by atoms with Crippen LogP contribution in [0.5, 0.6) is 0 Å². The fourth-order valence-electron chi connectivity index (χ4n) is 3.12. The van der Waals surface area contributed by atoms with Crippen LogP contribution in [0.3, 0.4) is 0 Å². The second-order valence-electron chi connectivity index (χ2n) is 8.27. The highest BCUT2D eigenvalue weighted by atomic mass is 19.2. The number of anilines is 1. The Kier molecular flexibility index (Phi) is 8.68. The van der Waals surface area contributed by atoms with Gasteiger partial charge in [0, 0.05) is 51.0 Å². The van der Waals surface area contributed by atoms with Crippen molar-refractivity contribution in [2.45, 2.75) is 39.7 Å². The molecule has 0 radical (unpaired) electrons. The van der Waals surface area contributed by atoms with Crippen molar-refractivity contribution in [3.05, 3.63) is 29.8 Å². The monoisotopic (exact) mass is 425 g/mol. The molecule has 1 saturated heterocycles. The van der Waals surface area contributed by atoms with E-state index in [9.17, 15) is 13.6 Å². The van der Waals surface area contributed by atoms with Gasteiger partial charge in [0.15, 0.2) is 17.6 Å². The molecule has 2 rings (SSSR count). The fourth-order valence-corrected chi connectivity index (χ4v) is 3.12. The van der Waals surface area contributed by atoms with Gasteiger partial charge in [-0.05, 0) is 52.2 Å². The highest BCUT2D eigenvalue weighted by Gasteiger charge is 2.23. The van der Waals surface area contributed by atoms with Gasteiger partial charge in [0.1, 0.15) is 5.60 Å². The first-order valence-corrected chi connectivity index (χ1v) is 10.4. The molecule has 1 aliphatic rings. The maximum absolute atomic E-state index is 13.5. The Morgan fingerprint density at radius 2 is 1.93 bits per heavy atom. The summed E-state index contributed by atoms with van der Waals surface area (Å²) in [6.07, 6.45) is 0.483. The quantitative estimate of drug-likeness (QED) is 0.356. The predicted octanol–water partition coefficient (Wildman–Crippen LogP) is 2.87. The summed E-state index contributed by atoms with van der Waals surface area (Å²) in [5.74, 6) is -0.655. The van der Waals surface area contributed by atoms with Gasteiger partial charge in [0.25, 0.3) is 0 Å². The van der Waals surface area contributed by atoms with E-state index < -0.39 is 23.3 Å². The second kappa shape index (κ2) is 11.0. The van der Waals surface area contributed by atoms with Crippen LogP contribution in [0.4, 0.5) is 19.3 Å². The Bertz CT molecular complexity index is 737. The molecule has 1 amide bonds. The maximum Gasteiger partial charge on any atom is 0.407 e. The van der Waals surface area contributed by atoms with Crippen LogP contribution in [0.15, 0.2) is 23.2 Å². The van der Waals surface area contributed by atoms with Crippen LogP contribution in [-0.2, 0) is 4.74 Å². The van der Waals surface area contributed by atoms with Crippen molar-refractivity contribution in [2.24, 2.45) is 10.9 Å². The smallest absolute Gasteiger partial charge is 0.407 e. The number of guanidine groups is 1. The predicted molar refractivity (Wildman–Crippen MR) is 115 cm³/mol. The third kappa shape index (κ3) is 8.04. The summed E-state index contributed by atoms with van der Waals surface area (Å²) in [4.78, 5) is 18.3. The SMILES string of the molecule is CCNC(=NCC1CCN(c2ccc(F)c(F)c2)C1)NCCNC(=O)OC(C)(C)C. The number of aliphatic imine (C=N–C) groups is 1. The topological polar surface area (TPSA) is 78.0 Å². The number of nitrogens with one attached hydrogen (secondary N) is 3. The molecule has 1 unspecified atom stereocenters. The normalized spacial score (nSPS) is 17.1. The summed E-state index contributed by atoms with van der Waals surface area (Å²) in [5, 5.41) is 9.06. The lowest BCUT2D eigenvalue weighted by Gasteiger charge is -2.20. The number of amides is 1. The molecule has 0 spiro atoms. The number of rotatable bonds is 7. The van der Waals surface area contributed by atoms with Crippen LogP contribution in [0.2, 0.25) is 0 Å². The largest absolute Gasteiger partial charge is 0.444 e. The summed E-state index contributed by atoms with van der Waals surface area (Å²) in [6, 6.07) is 4.01. The molecular weight excluding hydrogens is 392 g/mol. The highest BCUT2D eigenvalue weighted by molar-refractivity contribution is 5.79. The molecule has 30 heavy (non-hydrogen) atoms. The molecule has 3 N–H and O–H groups in total. The van der Waals surface area contributed by atoms with Crippen molar-refractivity contribution in [3.63, 3.8) is 0 Å². The van der Waals surface area contributed by atoms with E-state index in [1.165, 1.54) is 6.07 Å². The number of alkyl carbamates (subject to hydrolysis) is 1. The summed E-state index contributed by atoms with van der Waals surface area (Å²) in [6.45, 7) is 11.2. The summed E-state index contributed by atoms with van der Waals surface area (Å²) < 4.78 is 31.8. The summed E-state index contributed by atoms with van der Waals surface area (Å²) in [5.41, 5.74) is 0.168. The number of halogens is 2. The van der Waals surface area contributed by atoms with E-state index in [1.54, 1.807) is 6.07 Å². The van der Waals surface area contributed by atoms with E-state index >= 15 is 0 Å². The molecule has 168 valence electrons. The van der Waals surface area contributed by atoms with Crippen LogP contribution in [0.25, 0.3) is 0 Å². The van der Waals surface area contributed by atoms with Gasteiger partial charge in [-0.25, -0.2) is 13.6 Å². The van der Waals surface area contributed by atoms with E-state index in [-0.39, 0.29) is 0 Å². The molecule has 7 nitrogen and oxygen atoms in total. The van der Waals surface area contributed by atoms with E-state index in [4.69, 9.17) is 4.74 Å². The lowest BCUT2D eigenvalue weighted by atomic mass is 10.1. The molecular formula is C21H33F2N5O2. The van der Waals surface area contributed by atoms with Crippen LogP contribution in [0.1, 0.15) is 34.1 Å². The van der Waals surface area contributed by atoms with E-state index in [0.29, 0.717) is 37.2 Å². The van der Waals surface area contributed by atoms with Gasteiger partial charge in [0.05, 0.1) is 0 Å². The molecule has 9 heteroatoms. The molecule has 0 aromatic heterocycles. The molecule has 0 aliphatic carbocycles. The van der Waals surface area contributed by atoms with E-state index in [2.05, 4.69) is 20.9 Å². The van der Waals surface area contributed by atoms with Gasteiger partial charge in [-0.2, -0.15) is 0 Å². The highest BCUT2D eigenvalue weighted by Crippen LogP contribution is 2.25. The summed E-state index contributed by atoms with van der Waals surface area (Å²) >= 11 is 0. The first kappa shape index (κ1) is 23.7. The maximum atomic E-state index is 13.5. The van der Waals surface area contributed by atoms with E-state index in [0.717, 1.165) is 32.1 Å². The Labute approximate surface area is 177 Å². The molecule has 1 heterocycles. The molecule has 0 saturated carbocycles. The number of carbonyl (C=O) groups excluding carboxylic acids is 1. The standard InChI is InChI=1S/C21H33F2N5O2/c1-5-24-19(25-9-10-26-20(29)30-21(2,3)4)27-13-15-8-11-28(14-15)16-6-7-17(22)18(23)12-16/h6-7,12,15H,5,8-11,13-14H2,1-4H3,(H,26,29)(H2,24,25,27). The Balaban J connectivity index is 1.77. The zero-order valence-electron chi connectivity index (χ0n) is 18.2. The van der Waals surface area contributed by atoms with Gasteiger partial charge in [-0.1, -0.05) is 0 Å². The van der Waals surface area contributed by atoms with Crippen LogP contribution in [0, 0.1) is 17.6 Å². The zero-order valence-corrected chi connectivity index (χ0v) is 18.2. The number of nitrogens with zero attached hydrogens (tertiary/aromatic N) is 2. The minimum atomic E-state index is -0.832. The first-order valence-electron chi connectivity index (χ1n) is 10.4. The molecule has 1 aromatic rings. The Hall–Kier alpha value is -2.58. The molecule has 1 aromatic carbocycles. The number of carbonyl (C=O) groups is 1. The van der Waals surface area contributed by atoms with Gasteiger partial charge in [0.2, 0.25) is 0 Å². The minimum Gasteiger partial charge on any atom is -0.444 e. The number of hydrogen-bond acceptors (Lipinski definition) is 4. The number of hydrogen-bond donors (Lipinski definition) is 3. The van der Waals surface area contributed by atoms with Crippen molar-refractivity contribution in [2.75, 3.05) is 44.2 Å². The zero-order chi connectivity index (χ0) is 22.1. The van der Waals surface area contributed by atoms with E-state index in [1.807, 2.05) is 32.6 Å².